The van der Waals surface area contributed by atoms with E-state index in [0.717, 1.165) is 11.8 Å². The Labute approximate surface area is 122 Å². The molecule has 0 spiro atoms. The maximum Gasteiger partial charge on any atom is 0.416 e. The number of benzene rings is 1. The average Bonchev–Trinajstić information content (AvgIpc) is 2.47. The van der Waals surface area contributed by atoms with Gasteiger partial charge in [-0.25, -0.2) is 0 Å². The van der Waals surface area contributed by atoms with Crippen LogP contribution in [0.15, 0.2) is 48.7 Å². The molecule has 2 nitrogen and oxygen atoms in total. The number of aromatic nitrogens is 1. The highest BCUT2D eigenvalue weighted by Gasteiger charge is 2.30. The zero-order valence-electron chi connectivity index (χ0n) is 11.7. The monoisotopic (exact) mass is 294 g/mol. The van der Waals surface area contributed by atoms with E-state index in [1.54, 1.807) is 12.3 Å². The standard InChI is InChI=1S/C16H17F3N2/c1-2-20-15(11-14-8-3-4-9-21-14)12-6-5-7-13(10-12)16(17,18)19/h3-10,15,20H,2,11H2,1H3. The summed E-state index contributed by atoms with van der Waals surface area (Å²) in [4.78, 5) is 4.24. The van der Waals surface area contributed by atoms with E-state index in [0.29, 0.717) is 18.5 Å². The summed E-state index contributed by atoms with van der Waals surface area (Å²) in [7, 11) is 0. The second-order valence-electron chi connectivity index (χ2n) is 4.76. The fourth-order valence-corrected chi connectivity index (χ4v) is 2.21. The van der Waals surface area contributed by atoms with Crippen LogP contribution < -0.4 is 5.32 Å². The summed E-state index contributed by atoms with van der Waals surface area (Å²) >= 11 is 0. The summed E-state index contributed by atoms with van der Waals surface area (Å²) in [5.74, 6) is 0. The SMILES string of the molecule is CCNC(Cc1ccccn1)c1cccc(C(F)(F)F)c1. The van der Waals surface area contributed by atoms with Crippen molar-refractivity contribution < 1.29 is 13.2 Å². The smallest absolute Gasteiger partial charge is 0.310 e. The summed E-state index contributed by atoms with van der Waals surface area (Å²) in [5, 5.41) is 3.22. The molecule has 21 heavy (non-hydrogen) atoms. The molecule has 0 aliphatic heterocycles. The molecule has 2 aromatic rings. The number of nitrogens with one attached hydrogen (secondary N) is 1. The highest BCUT2D eigenvalue weighted by Crippen LogP contribution is 2.31. The van der Waals surface area contributed by atoms with E-state index in [9.17, 15) is 13.2 Å². The van der Waals surface area contributed by atoms with Crippen molar-refractivity contribution in [3.8, 4) is 0 Å². The first-order chi connectivity index (χ1) is 10.0. The third-order valence-electron chi connectivity index (χ3n) is 3.21. The number of nitrogens with zero attached hydrogens (tertiary/aromatic N) is 1. The van der Waals surface area contributed by atoms with E-state index in [2.05, 4.69) is 10.3 Å². The largest absolute Gasteiger partial charge is 0.416 e. The lowest BCUT2D eigenvalue weighted by Gasteiger charge is -2.19. The van der Waals surface area contributed by atoms with Crippen LogP contribution >= 0.6 is 0 Å². The van der Waals surface area contributed by atoms with Gasteiger partial charge in [0.2, 0.25) is 0 Å². The lowest BCUT2D eigenvalue weighted by molar-refractivity contribution is -0.137. The zero-order valence-corrected chi connectivity index (χ0v) is 11.7. The first kappa shape index (κ1) is 15.5. The first-order valence-corrected chi connectivity index (χ1v) is 6.81. The molecule has 1 heterocycles. The van der Waals surface area contributed by atoms with Crippen LogP contribution in [0.3, 0.4) is 0 Å². The molecule has 2 rings (SSSR count). The molecule has 1 atom stereocenters. The predicted molar refractivity (Wildman–Crippen MR) is 75.8 cm³/mol. The maximum atomic E-state index is 12.8. The summed E-state index contributed by atoms with van der Waals surface area (Å²) in [6.07, 6.45) is -2.09. The van der Waals surface area contributed by atoms with Crippen molar-refractivity contribution >= 4 is 0 Å². The molecule has 0 bridgehead atoms. The minimum absolute atomic E-state index is 0.188. The average molecular weight is 294 g/mol. The number of halogens is 3. The Morgan fingerprint density at radius 3 is 2.57 bits per heavy atom. The van der Waals surface area contributed by atoms with Crippen molar-refractivity contribution in [1.82, 2.24) is 10.3 Å². The third-order valence-corrected chi connectivity index (χ3v) is 3.21. The molecule has 0 aliphatic carbocycles. The molecular weight excluding hydrogens is 277 g/mol. The first-order valence-electron chi connectivity index (χ1n) is 6.81. The Bertz CT molecular complexity index is 567. The Morgan fingerprint density at radius 2 is 1.95 bits per heavy atom. The molecule has 1 aromatic carbocycles. The summed E-state index contributed by atoms with van der Waals surface area (Å²) in [5.41, 5.74) is 0.849. The molecule has 1 unspecified atom stereocenters. The van der Waals surface area contributed by atoms with Gasteiger partial charge < -0.3 is 5.32 Å². The van der Waals surface area contributed by atoms with Gasteiger partial charge >= 0.3 is 6.18 Å². The van der Waals surface area contributed by atoms with Crippen LogP contribution in [0.1, 0.15) is 29.8 Å². The Balaban J connectivity index is 2.26. The minimum atomic E-state index is -4.32. The molecule has 5 heteroatoms. The van der Waals surface area contributed by atoms with E-state index in [1.807, 2.05) is 25.1 Å². The van der Waals surface area contributed by atoms with Crippen molar-refractivity contribution in [1.29, 1.82) is 0 Å². The van der Waals surface area contributed by atoms with E-state index >= 15 is 0 Å². The molecule has 112 valence electrons. The maximum absolute atomic E-state index is 12.8. The molecule has 1 N–H and O–H groups in total. The van der Waals surface area contributed by atoms with Crippen LogP contribution in [-0.4, -0.2) is 11.5 Å². The van der Waals surface area contributed by atoms with E-state index < -0.39 is 11.7 Å². The fourth-order valence-electron chi connectivity index (χ4n) is 2.21. The lowest BCUT2D eigenvalue weighted by atomic mass is 9.99. The predicted octanol–water partition coefficient (Wildman–Crippen LogP) is 3.99. The quantitative estimate of drug-likeness (QED) is 0.901. The number of rotatable bonds is 5. The van der Waals surface area contributed by atoms with Crippen LogP contribution in [0.5, 0.6) is 0 Å². The van der Waals surface area contributed by atoms with Crippen molar-refractivity contribution in [3.05, 3.63) is 65.5 Å². The van der Waals surface area contributed by atoms with Crippen molar-refractivity contribution in [3.63, 3.8) is 0 Å². The van der Waals surface area contributed by atoms with Gasteiger partial charge in [-0.15, -0.1) is 0 Å². The van der Waals surface area contributed by atoms with Crippen LogP contribution in [0, 0.1) is 0 Å². The van der Waals surface area contributed by atoms with Gasteiger partial charge in [-0.2, -0.15) is 13.2 Å². The summed E-state index contributed by atoms with van der Waals surface area (Å²) in [6, 6.07) is 10.8. The second-order valence-corrected chi connectivity index (χ2v) is 4.76. The van der Waals surface area contributed by atoms with Crippen molar-refractivity contribution in [2.45, 2.75) is 25.6 Å². The molecule has 0 fully saturated rings. The molecule has 0 aliphatic rings. The summed E-state index contributed by atoms with van der Waals surface area (Å²) < 4.78 is 38.4. The zero-order chi connectivity index (χ0) is 15.3. The number of pyridine rings is 1. The second kappa shape index (κ2) is 6.72. The number of hydrogen-bond acceptors (Lipinski definition) is 2. The number of alkyl halides is 3. The highest BCUT2D eigenvalue weighted by atomic mass is 19.4. The Morgan fingerprint density at radius 1 is 1.14 bits per heavy atom. The topological polar surface area (TPSA) is 24.9 Å². The van der Waals surface area contributed by atoms with Gasteiger partial charge in [-0.05, 0) is 36.4 Å². The molecule has 0 saturated heterocycles. The number of likely N-dealkylation sites (N-methyl/N-ethyl adjacent to an activating group) is 1. The van der Waals surface area contributed by atoms with Crippen molar-refractivity contribution in [2.24, 2.45) is 0 Å². The fraction of sp³-hybridized carbons (Fsp3) is 0.312. The van der Waals surface area contributed by atoms with Gasteiger partial charge in [0.1, 0.15) is 0 Å². The highest BCUT2D eigenvalue weighted by molar-refractivity contribution is 5.29. The summed E-state index contributed by atoms with van der Waals surface area (Å²) in [6.45, 7) is 2.60. The number of hydrogen-bond donors (Lipinski definition) is 1. The van der Waals surface area contributed by atoms with Gasteiger partial charge in [-0.3, -0.25) is 4.98 Å². The van der Waals surface area contributed by atoms with E-state index in [1.165, 1.54) is 12.1 Å². The van der Waals surface area contributed by atoms with Gasteiger partial charge in [0.15, 0.2) is 0 Å². The van der Waals surface area contributed by atoms with Crippen molar-refractivity contribution in [2.75, 3.05) is 6.54 Å². The molecular formula is C16H17F3N2. The molecule has 0 radical (unpaired) electrons. The lowest BCUT2D eigenvalue weighted by Crippen LogP contribution is -2.23. The third kappa shape index (κ3) is 4.29. The van der Waals surface area contributed by atoms with Crippen LogP contribution in [0.25, 0.3) is 0 Å². The van der Waals surface area contributed by atoms with Gasteiger partial charge in [0.25, 0.3) is 0 Å². The van der Waals surface area contributed by atoms with Gasteiger partial charge in [0, 0.05) is 24.4 Å². The molecule has 0 saturated carbocycles. The van der Waals surface area contributed by atoms with E-state index in [4.69, 9.17) is 0 Å². The van der Waals surface area contributed by atoms with Gasteiger partial charge in [-0.1, -0.05) is 25.1 Å². The van der Waals surface area contributed by atoms with E-state index in [-0.39, 0.29) is 6.04 Å². The molecule has 0 amide bonds. The Hall–Kier alpha value is -1.88. The minimum Gasteiger partial charge on any atom is -0.310 e. The van der Waals surface area contributed by atoms with Crippen LogP contribution in [0.4, 0.5) is 13.2 Å². The normalized spacial score (nSPS) is 13.1. The Kier molecular flexibility index (Phi) is 4.96. The van der Waals surface area contributed by atoms with Crippen LogP contribution in [-0.2, 0) is 12.6 Å². The van der Waals surface area contributed by atoms with Gasteiger partial charge in [0.05, 0.1) is 5.56 Å². The molecule has 1 aromatic heterocycles. The van der Waals surface area contributed by atoms with Crippen LogP contribution in [0.2, 0.25) is 0 Å².